The second-order valence-electron chi connectivity index (χ2n) is 5.38. The van der Waals surface area contributed by atoms with Crippen LogP contribution < -0.4 is 0 Å². The largest absolute Gasteiger partial charge is 0.480 e. The van der Waals surface area contributed by atoms with Gasteiger partial charge in [0.25, 0.3) is 0 Å². The van der Waals surface area contributed by atoms with Crippen molar-refractivity contribution in [2.75, 3.05) is 0 Å². The van der Waals surface area contributed by atoms with Gasteiger partial charge in [0.2, 0.25) is 0 Å². The zero-order valence-electron chi connectivity index (χ0n) is 9.87. The maximum atomic E-state index is 11.4. The van der Waals surface area contributed by atoms with E-state index in [1.54, 1.807) is 0 Å². The van der Waals surface area contributed by atoms with Gasteiger partial charge in [-0.25, -0.2) is 0 Å². The van der Waals surface area contributed by atoms with Crippen LogP contribution >= 0.6 is 27.7 Å². The smallest absolute Gasteiger partial charge is 0.320 e. The van der Waals surface area contributed by atoms with Crippen molar-refractivity contribution in [2.24, 2.45) is 5.41 Å². The molecule has 1 aliphatic carbocycles. The van der Waals surface area contributed by atoms with Gasteiger partial charge in [0.05, 0.1) is 0 Å². The predicted molar refractivity (Wildman–Crippen MR) is 73.4 cm³/mol. The summed E-state index contributed by atoms with van der Waals surface area (Å²) in [5.74, 6) is -0.693. The molecule has 0 aliphatic heterocycles. The third-order valence-corrected chi connectivity index (χ3v) is 4.86. The molecular formula is C13H15BrO2S. The van der Waals surface area contributed by atoms with Gasteiger partial charge in [-0.05, 0) is 36.5 Å². The van der Waals surface area contributed by atoms with Crippen molar-refractivity contribution in [3.63, 3.8) is 0 Å². The highest BCUT2D eigenvalue weighted by Crippen LogP contribution is 2.57. The maximum absolute atomic E-state index is 11.4. The Morgan fingerprint density at radius 2 is 2.06 bits per heavy atom. The molecule has 0 radical (unpaired) electrons. The highest BCUT2D eigenvalue weighted by atomic mass is 79.9. The van der Waals surface area contributed by atoms with E-state index in [0.717, 1.165) is 22.2 Å². The first kappa shape index (κ1) is 13.0. The van der Waals surface area contributed by atoms with Crippen LogP contribution in [0, 0.1) is 5.41 Å². The van der Waals surface area contributed by atoms with E-state index in [0.29, 0.717) is 0 Å². The van der Waals surface area contributed by atoms with E-state index in [9.17, 15) is 9.90 Å². The molecule has 0 spiro atoms. The van der Waals surface area contributed by atoms with Crippen molar-refractivity contribution in [3.05, 3.63) is 28.7 Å². The minimum atomic E-state index is -0.693. The molecule has 0 atom stereocenters. The quantitative estimate of drug-likeness (QED) is 0.909. The molecule has 2 rings (SSSR count). The van der Waals surface area contributed by atoms with Crippen molar-refractivity contribution in [3.8, 4) is 0 Å². The van der Waals surface area contributed by atoms with E-state index < -0.39 is 10.7 Å². The fourth-order valence-corrected chi connectivity index (χ4v) is 4.86. The number of halogens is 1. The summed E-state index contributed by atoms with van der Waals surface area (Å²) in [7, 11) is 0. The summed E-state index contributed by atoms with van der Waals surface area (Å²) in [4.78, 5) is 12.5. The highest BCUT2D eigenvalue weighted by Gasteiger charge is 2.55. The number of hydrogen-bond donors (Lipinski definition) is 1. The number of rotatable bonds is 3. The minimum Gasteiger partial charge on any atom is -0.480 e. The van der Waals surface area contributed by atoms with Crippen LogP contribution in [0.2, 0.25) is 0 Å². The van der Waals surface area contributed by atoms with Gasteiger partial charge in [-0.3, -0.25) is 4.79 Å². The molecule has 4 heteroatoms. The Hall–Kier alpha value is -0.480. The molecule has 0 saturated heterocycles. The summed E-state index contributed by atoms with van der Waals surface area (Å²) >= 11 is 4.88. The van der Waals surface area contributed by atoms with Gasteiger partial charge in [0.15, 0.2) is 0 Å². The number of carboxylic acid groups (broad SMARTS) is 1. The van der Waals surface area contributed by atoms with Gasteiger partial charge in [-0.15, -0.1) is 11.8 Å². The third-order valence-electron chi connectivity index (χ3n) is 3.03. The molecule has 1 saturated carbocycles. The molecule has 0 amide bonds. The summed E-state index contributed by atoms with van der Waals surface area (Å²) in [6, 6.07) is 7.82. The summed E-state index contributed by atoms with van der Waals surface area (Å²) in [5.41, 5.74) is 0.150. The Bertz CT molecular complexity index is 448. The van der Waals surface area contributed by atoms with Gasteiger partial charge in [0, 0.05) is 9.37 Å². The summed E-state index contributed by atoms with van der Waals surface area (Å²) in [5, 5.41) is 9.41. The Kier molecular flexibility index (Phi) is 3.29. The van der Waals surface area contributed by atoms with Gasteiger partial charge in [0.1, 0.15) is 4.75 Å². The van der Waals surface area contributed by atoms with Crippen molar-refractivity contribution in [1.82, 2.24) is 0 Å². The molecule has 0 aromatic heterocycles. The number of benzene rings is 1. The van der Waals surface area contributed by atoms with Crippen molar-refractivity contribution in [1.29, 1.82) is 0 Å². The number of hydrogen-bond acceptors (Lipinski definition) is 2. The second-order valence-corrected chi connectivity index (χ2v) is 7.75. The van der Waals surface area contributed by atoms with Gasteiger partial charge in [-0.2, -0.15) is 0 Å². The zero-order chi connectivity index (χ0) is 12.7. The molecular weight excluding hydrogens is 300 g/mol. The molecule has 1 aliphatic rings. The van der Waals surface area contributed by atoms with E-state index in [2.05, 4.69) is 29.8 Å². The summed E-state index contributed by atoms with van der Waals surface area (Å²) in [6.45, 7) is 4.24. The second kappa shape index (κ2) is 4.32. The van der Waals surface area contributed by atoms with Crippen LogP contribution in [0.1, 0.15) is 26.7 Å². The molecule has 17 heavy (non-hydrogen) atoms. The van der Waals surface area contributed by atoms with E-state index >= 15 is 0 Å². The molecule has 0 bridgehead atoms. The Labute approximate surface area is 114 Å². The predicted octanol–water partition coefficient (Wildman–Crippen LogP) is 4.18. The lowest BCUT2D eigenvalue weighted by Gasteiger charge is -2.49. The highest BCUT2D eigenvalue weighted by molar-refractivity contribution is 9.10. The third kappa shape index (κ3) is 2.68. The Morgan fingerprint density at radius 3 is 2.53 bits per heavy atom. The lowest BCUT2D eigenvalue weighted by Crippen LogP contribution is -2.52. The van der Waals surface area contributed by atoms with Crippen LogP contribution in [0.5, 0.6) is 0 Å². The average molecular weight is 315 g/mol. The Balaban J connectivity index is 2.18. The molecule has 2 nitrogen and oxygen atoms in total. The topological polar surface area (TPSA) is 37.3 Å². The normalized spacial score (nSPS) is 20.6. The van der Waals surface area contributed by atoms with Crippen LogP contribution in [0.4, 0.5) is 0 Å². The summed E-state index contributed by atoms with van der Waals surface area (Å²) in [6.07, 6.45) is 1.46. The van der Waals surface area contributed by atoms with Gasteiger partial charge < -0.3 is 5.11 Å². The Morgan fingerprint density at radius 1 is 1.41 bits per heavy atom. The average Bonchev–Trinajstić information content (AvgIpc) is 2.14. The fourth-order valence-electron chi connectivity index (χ4n) is 2.52. The first-order valence-electron chi connectivity index (χ1n) is 5.51. The SMILES string of the molecule is CC1(C)CC(Sc2cccc(Br)c2)(C(=O)O)C1. The number of thioether (sulfide) groups is 1. The number of carbonyl (C=O) groups is 1. The molecule has 92 valence electrons. The fraction of sp³-hybridized carbons (Fsp3) is 0.462. The molecule has 0 heterocycles. The van der Waals surface area contributed by atoms with Gasteiger partial charge >= 0.3 is 5.97 Å². The van der Waals surface area contributed by atoms with E-state index in [-0.39, 0.29) is 5.41 Å². The first-order valence-corrected chi connectivity index (χ1v) is 7.12. The van der Waals surface area contributed by atoms with E-state index in [1.807, 2.05) is 24.3 Å². The maximum Gasteiger partial charge on any atom is 0.320 e. The molecule has 1 fully saturated rings. The molecule has 1 aromatic rings. The molecule has 0 unspecified atom stereocenters. The van der Waals surface area contributed by atoms with E-state index in [1.165, 1.54) is 11.8 Å². The summed E-state index contributed by atoms with van der Waals surface area (Å²) < 4.78 is 0.353. The van der Waals surface area contributed by atoms with Crippen LogP contribution in [-0.4, -0.2) is 15.8 Å². The number of aliphatic carboxylic acids is 1. The van der Waals surface area contributed by atoms with Crippen molar-refractivity contribution >= 4 is 33.7 Å². The van der Waals surface area contributed by atoms with Crippen molar-refractivity contribution in [2.45, 2.75) is 36.3 Å². The lowest BCUT2D eigenvalue weighted by molar-refractivity contribution is -0.145. The first-order chi connectivity index (χ1) is 7.83. The van der Waals surface area contributed by atoms with Crippen LogP contribution in [0.25, 0.3) is 0 Å². The monoisotopic (exact) mass is 314 g/mol. The number of carboxylic acids is 1. The van der Waals surface area contributed by atoms with Crippen LogP contribution in [0.15, 0.2) is 33.6 Å². The van der Waals surface area contributed by atoms with Gasteiger partial charge in [-0.1, -0.05) is 35.8 Å². The molecule has 1 aromatic carbocycles. The standard InChI is InChI=1S/C13H15BrO2S/c1-12(2)7-13(8-12,11(15)16)17-10-5-3-4-9(14)6-10/h3-6H,7-8H2,1-2H3,(H,15,16). The minimum absolute atomic E-state index is 0.150. The van der Waals surface area contributed by atoms with Crippen LogP contribution in [0.3, 0.4) is 0 Å². The lowest BCUT2D eigenvalue weighted by atomic mass is 9.64. The zero-order valence-corrected chi connectivity index (χ0v) is 12.3. The van der Waals surface area contributed by atoms with Crippen molar-refractivity contribution < 1.29 is 9.90 Å². The van der Waals surface area contributed by atoms with E-state index in [4.69, 9.17) is 0 Å². The molecule has 1 N–H and O–H groups in total. The van der Waals surface area contributed by atoms with Crippen LogP contribution in [-0.2, 0) is 4.79 Å².